The van der Waals surface area contributed by atoms with E-state index in [4.69, 9.17) is 0 Å². The zero-order chi connectivity index (χ0) is 5.66. The van der Waals surface area contributed by atoms with Gasteiger partial charge in [-0.1, -0.05) is 24.3 Å². The highest BCUT2D eigenvalue weighted by Crippen LogP contribution is 2.02. The summed E-state index contributed by atoms with van der Waals surface area (Å²) >= 11 is 0. The molecule has 0 aromatic carbocycles. The van der Waals surface area contributed by atoms with E-state index in [0.29, 0.717) is 0 Å². The van der Waals surface area contributed by atoms with Gasteiger partial charge in [0, 0.05) is 0 Å². The molecule has 0 saturated heterocycles. The van der Waals surface area contributed by atoms with Crippen molar-refractivity contribution in [3.8, 4) is 0 Å². The van der Waals surface area contributed by atoms with Crippen LogP contribution in [0.5, 0.6) is 0 Å². The molecule has 0 heterocycles. The summed E-state index contributed by atoms with van der Waals surface area (Å²) in [5.41, 5.74) is 0. The van der Waals surface area contributed by atoms with Crippen LogP contribution in [-0.2, 0) is 0 Å². The molecule has 0 spiro atoms. The third kappa shape index (κ3) is 4.28. The van der Waals surface area contributed by atoms with Crippen molar-refractivity contribution in [1.29, 1.82) is 0 Å². The van der Waals surface area contributed by atoms with E-state index in [-0.39, 0.29) is 12.4 Å². The van der Waals surface area contributed by atoms with Crippen LogP contribution >= 0.6 is 12.4 Å². The maximum Gasteiger partial charge on any atom is -0.0316 e. The maximum absolute atomic E-state index is 2.27. The van der Waals surface area contributed by atoms with Gasteiger partial charge < -0.3 is 0 Å². The number of allylic oxidation sites excluding steroid dienone is 4. The Kier molecular flexibility index (Phi) is 5.75. The van der Waals surface area contributed by atoms with Gasteiger partial charge in [-0.25, -0.2) is 0 Å². The summed E-state index contributed by atoms with van der Waals surface area (Å²) in [4.78, 5) is 0. The number of rotatable bonds is 0. The topological polar surface area (TPSA) is 0 Å². The van der Waals surface area contributed by atoms with Crippen LogP contribution in [0.15, 0.2) is 24.3 Å². The van der Waals surface area contributed by atoms with Crippen LogP contribution in [0.1, 0.15) is 25.7 Å². The molecule has 1 aliphatic carbocycles. The Balaban J connectivity index is 0.000000640. The first-order chi connectivity index (χ1) is 4.00. The van der Waals surface area contributed by atoms with E-state index < -0.39 is 0 Å². The predicted octanol–water partition coefficient (Wildman–Crippen LogP) is 3.09. The van der Waals surface area contributed by atoms with Crippen molar-refractivity contribution in [1.82, 2.24) is 0 Å². The zero-order valence-corrected chi connectivity index (χ0v) is 6.36. The Morgan fingerprint density at radius 1 is 0.556 bits per heavy atom. The number of halogens is 1. The molecule has 0 bridgehead atoms. The van der Waals surface area contributed by atoms with Gasteiger partial charge in [0.15, 0.2) is 0 Å². The summed E-state index contributed by atoms with van der Waals surface area (Å²) < 4.78 is 0. The first kappa shape index (κ1) is 8.77. The Morgan fingerprint density at radius 2 is 0.778 bits per heavy atom. The minimum Gasteiger partial charge on any atom is -0.147 e. The first-order valence-electron chi connectivity index (χ1n) is 3.30. The van der Waals surface area contributed by atoms with Crippen molar-refractivity contribution < 1.29 is 0 Å². The highest BCUT2D eigenvalue weighted by molar-refractivity contribution is 5.85. The quantitative estimate of drug-likeness (QED) is 0.459. The lowest BCUT2D eigenvalue weighted by Crippen LogP contribution is -1.71. The van der Waals surface area contributed by atoms with Crippen LogP contribution in [0, 0.1) is 0 Å². The van der Waals surface area contributed by atoms with Crippen molar-refractivity contribution in [3.63, 3.8) is 0 Å². The SMILES string of the molecule is C1=C\CC/C=C\CC/1.Cl. The van der Waals surface area contributed by atoms with Crippen molar-refractivity contribution >= 4 is 12.4 Å². The monoisotopic (exact) mass is 144 g/mol. The van der Waals surface area contributed by atoms with Crippen LogP contribution in [0.25, 0.3) is 0 Å². The van der Waals surface area contributed by atoms with Gasteiger partial charge in [-0.15, -0.1) is 12.4 Å². The van der Waals surface area contributed by atoms with Crippen molar-refractivity contribution in [2.75, 3.05) is 0 Å². The minimum absolute atomic E-state index is 0. The van der Waals surface area contributed by atoms with Gasteiger partial charge in [0.2, 0.25) is 0 Å². The van der Waals surface area contributed by atoms with Crippen LogP contribution in [-0.4, -0.2) is 0 Å². The number of hydrogen-bond acceptors (Lipinski definition) is 0. The molecule has 0 fully saturated rings. The van der Waals surface area contributed by atoms with E-state index in [1.807, 2.05) is 0 Å². The largest absolute Gasteiger partial charge is 0.147 e. The molecule has 0 unspecified atom stereocenters. The average molecular weight is 145 g/mol. The van der Waals surface area contributed by atoms with E-state index in [0.717, 1.165) is 0 Å². The normalized spacial score (nSPS) is 24.9. The van der Waals surface area contributed by atoms with Crippen LogP contribution < -0.4 is 0 Å². The fourth-order valence-corrected chi connectivity index (χ4v) is 0.856. The highest BCUT2D eigenvalue weighted by Gasteiger charge is 1.81. The second-order valence-corrected chi connectivity index (χ2v) is 2.10. The third-order valence-corrected chi connectivity index (χ3v) is 1.33. The van der Waals surface area contributed by atoms with E-state index >= 15 is 0 Å². The molecule has 0 aromatic rings. The minimum atomic E-state index is 0. The predicted molar refractivity (Wildman–Crippen MR) is 44.0 cm³/mol. The third-order valence-electron chi connectivity index (χ3n) is 1.33. The fourth-order valence-electron chi connectivity index (χ4n) is 0.856. The molecule has 0 saturated carbocycles. The summed E-state index contributed by atoms with van der Waals surface area (Å²) in [7, 11) is 0. The average Bonchev–Trinajstić information content (AvgIpc) is 1.62. The second-order valence-electron chi connectivity index (χ2n) is 2.10. The van der Waals surface area contributed by atoms with Gasteiger partial charge in [-0.2, -0.15) is 0 Å². The lowest BCUT2D eigenvalue weighted by atomic mass is 10.1. The van der Waals surface area contributed by atoms with Gasteiger partial charge in [-0.05, 0) is 25.7 Å². The lowest BCUT2D eigenvalue weighted by Gasteiger charge is -1.92. The molecule has 1 rings (SSSR count). The summed E-state index contributed by atoms with van der Waals surface area (Å²) in [5.74, 6) is 0. The van der Waals surface area contributed by atoms with Gasteiger partial charge in [0.05, 0.1) is 0 Å². The van der Waals surface area contributed by atoms with Gasteiger partial charge >= 0.3 is 0 Å². The highest BCUT2D eigenvalue weighted by atomic mass is 35.5. The molecule has 0 amide bonds. The van der Waals surface area contributed by atoms with E-state index in [1.165, 1.54) is 25.7 Å². The van der Waals surface area contributed by atoms with Crippen LogP contribution in [0.2, 0.25) is 0 Å². The van der Waals surface area contributed by atoms with Crippen LogP contribution in [0.4, 0.5) is 0 Å². The zero-order valence-electron chi connectivity index (χ0n) is 5.55. The smallest absolute Gasteiger partial charge is 0.0316 e. The molecule has 0 atom stereocenters. The molecule has 0 aliphatic heterocycles. The first-order valence-corrected chi connectivity index (χ1v) is 3.30. The molecule has 52 valence electrons. The maximum atomic E-state index is 2.27. The molecule has 1 aliphatic rings. The second kappa shape index (κ2) is 5.90. The van der Waals surface area contributed by atoms with E-state index in [1.54, 1.807) is 0 Å². The van der Waals surface area contributed by atoms with Crippen molar-refractivity contribution in [2.45, 2.75) is 25.7 Å². The summed E-state index contributed by atoms with van der Waals surface area (Å²) in [6, 6.07) is 0. The Labute approximate surface area is 63.1 Å². The van der Waals surface area contributed by atoms with E-state index in [9.17, 15) is 0 Å². The summed E-state index contributed by atoms with van der Waals surface area (Å²) in [5, 5.41) is 0. The molecule has 0 radical (unpaired) electrons. The van der Waals surface area contributed by atoms with Crippen molar-refractivity contribution in [3.05, 3.63) is 24.3 Å². The van der Waals surface area contributed by atoms with Gasteiger partial charge in [-0.3, -0.25) is 0 Å². The molecular weight excluding hydrogens is 132 g/mol. The molecule has 0 N–H and O–H groups in total. The molecule has 0 aromatic heterocycles. The molecule has 0 nitrogen and oxygen atoms in total. The fraction of sp³-hybridized carbons (Fsp3) is 0.500. The Morgan fingerprint density at radius 3 is 1.00 bits per heavy atom. The van der Waals surface area contributed by atoms with Crippen LogP contribution in [0.3, 0.4) is 0 Å². The summed E-state index contributed by atoms with van der Waals surface area (Å²) in [6.07, 6.45) is 14.0. The molecule has 9 heavy (non-hydrogen) atoms. The Bertz CT molecular complexity index is 77.1. The Hall–Kier alpha value is -0.230. The van der Waals surface area contributed by atoms with E-state index in [2.05, 4.69) is 24.3 Å². The standard InChI is InChI=1S/C8H12.ClH/c1-2-4-6-8-7-5-3-1;/h1-2,7-8H,3-6H2;1H/b2-1-,8-7-;. The molecular formula is C8H13Cl. The van der Waals surface area contributed by atoms with Gasteiger partial charge in [0.25, 0.3) is 0 Å². The molecule has 1 heteroatoms. The summed E-state index contributed by atoms with van der Waals surface area (Å²) in [6.45, 7) is 0. The lowest BCUT2D eigenvalue weighted by molar-refractivity contribution is 0.962. The van der Waals surface area contributed by atoms with Crippen molar-refractivity contribution in [2.24, 2.45) is 0 Å². The van der Waals surface area contributed by atoms with Gasteiger partial charge in [0.1, 0.15) is 0 Å². The number of hydrogen-bond donors (Lipinski definition) is 0.